The minimum atomic E-state index is -3.97. The van der Waals surface area contributed by atoms with Crippen LogP contribution in [0.25, 0.3) is 0 Å². The van der Waals surface area contributed by atoms with Gasteiger partial charge in [-0.25, -0.2) is 16.8 Å². The van der Waals surface area contributed by atoms with Gasteiger partial charge in [-0.15, -0.1) is 0 Å². The number of amides is 1. The topological polar surface area (TPSA) is 152 Å². The molecule has 0 fully saturated rings. The predicted molar refractivity (Wildman–Crippen MR) is 169 cm³/mol. The van der Waals surface area contributed by atoms with E-state index in [1.165, 1.54) is 74.1 Å². The number of anilines is 1. The summed E-state index contributed by atoms with van der Waals surface area (Å²) in [5, 5.41) is 9.91. The van der Waals surface area contributed by atoms with Crippen molar-refractivity contribution in [2.24, 2.45) is 5.92 Å². The molecule has 0 saturated carbocycles. The number of fused-ring (bicyclic) bond motifs is 1. The van der Waals surface area contributed by atoms with Gasteiger partial charge in [-0.3, -0.25) is 9.52 Å². The first kappa shape index (κ1) is 34.0. The second-order valence-corrected chi connectivity index (χ2v) is 14.7. The van der Waals surface area contributed by atoms with Crippen LogP contribution in [0.4, 0.5) is 5.69 Å². The van der Waals surface area contributed by atoms with Crippen LogP contribution < -0.4 is 18.9 Å². The van der Waals surface area contributed by atoms with E-state index in [4.69, 9.17) is 14.2 Å². The van der Waals surface area contributed by atoms with Gasteiger partial charge in [0, 0.05) is 30.8 Å². The maximum Gasteiger partial charge on any atom is 0.261 e. The Balaban J connectivity index is 1.66. The number of likely N-dealkylation sites (N-methyl/N-ethyl adjacent to an activating group) is 1. The molecule has 0 spiro atoms. The fourth-order valence-corrected chi connectivity index (χ4v) is 7.19. The third-order valence-electron chi connectivity index (χ3n) is 7.74. The number of hydrogen-bond donors (Lipinski definition) is 2. The second-order valence-electron chi connectivity index (χ2n) is 11.0. The lowest BCUT2D eigenvalue weighted by molar-refractivity contribution is -0.134. The van der Waals surface area contributed by atoms with E-state index in [1.807, 2.05) is 6.92 Å². The molecule has 3 aromatic carbocycles. The normalized spacial score (nSPS) is 18.2. The number of rotatable bonds is 11. The van der Waals surface area contributed by atoms with Gasteiger partial charge in [0.15, 0.2) is 0 Å². The van der Waals surface area contributed by atoms with Crippen molar-refractivity contribution in [3.05, 3.63) is 72.3 Å². The molecule has 4 rings (SSSR count). The Kier molecular flexibility index (Phi) is 10.6. The summed E-state index contributed by atoms with van der Waals surface area (Å²) < 4.78 is 73.5. The number of carbonyl (C=O) groups is 1. The Morgan fingerprint density at radius 3 is 2.11 bits per heavy atom. The van der Waals surface area contributed by atoms with Crippen LogP contribution in [0.2, 0.25) is 0 Å². The standard InChI is InChI=1S/C31H39N3O9S2/c1-21-18-34(22(2)20-35)31(36)17-23-16-24(32-44(37,38)27-11-7-25(41-4)8-12-27)6-15-29(23)43-30(21)19-33(3)45(39,40)28-13-9-26(42-5)10-14-28/h6-16,21-22,30,32,35H,17-20H2,1-5H3/t21-,22+,30-/m0/s1. The van der Waals surface area contributed by atoms with Crippen molar-refractivity contribution in [3.8, 4) is 17.2 Å². The van der Waals surface area contributed by atoms with Crippen molar-refractivity contribution in [1.82, 2.24) is 9.21 Å². The summed E-state index contributed by atoms with van der Waals surface area (Å²) in [7, 11) is -3.44. The molecule has 0 saturated heterocycles. The van der Waals surface area contributed by atoms with Gasteiger partial charge in [-0.2, -0.15) is 4.31 Å². The number of benzene rings is 3. The van der Waals surface area contributed by atoms with Gasteiger partial charge < -0.3 is 24.2 Å². The maximum atomic E-state index is 13.5. The van der Waals surface area contributed by atoms with Crippen LogP contribution in [0.3, 0.4) is 0 Å². The number of nitrogens with one attached hydrogen (secondary N) is 1. The smallest absolute Gasteiger partial charge is 0.261 e. The van der Waals surface area contributed by atoms with Gasteiger partial charge in [0.05, 0.1) is 49.6 Å². The molecule has 1 aliphatic rings. The van der Waals surface area contributed by atoms with E-state index in [9.17, 15) is 26.7 Å². The van der Waals surface area contributed by atoms with Crippen LogP contribution >= 0.6 is 0 Å². The molecule has 0 bridgehead atoms. The second kappa shape index (κ2) is 14.1. The molecule has 0 unspecified atom stereocenters. The van der Waals surface area contributed by atoms with Gasteiger partial charge in [-0.05, 0) is 73.7 Å². The van der Waals surface area contributed by atoms with Gasteiger partial charge in [0.1, 0.15) is 23.4 Å². The lowest BCUT2D eigenvalue weighted by Crippen LogP contribution is -2.48. The summed E-state index contributed by atoms with van der Waals surface area (Å²) in [4.78, 5) is 15.2. The Hall–Kier alpha value is -3.85. The minimum absolute atomic E-state index is 0.0251. The Morgan fingerprint density at radius 2 is 1.56 bits per heavy atom. The van der Waals surface area contributed by atoms with Crippen LogP contribution in [-0.2, 0) is 31.3 Å². The van der Waals surface area contributed by atoms with E-state index in [2.05, 4.69) is 4.72 Å². The van der Waals surface area contributed by atoms with Crippen molar-refractivity contribution in [2.75, 3.05) is 45.7 Å². The zero-order valence-electron chi connectivity index (χ0n) is 25.8. The number of sulfonamides is 2. The van der Waals surface area contributed by atoms with Gasteiger partial charge in [-0.1, -0.05) is 6.92 Å². The van der Waals surface area contributed by atoms with Crippen molar-refractivity contribution in [2.45, 2.75) is 42.2 Å². The van der Waals surface area contributed by atoms with Crippen LogP contribution in [0, 0.1) is 5.92 Å². The first-order chi connectivity index (χ1) is 21.3. The average Bonchev–Trinajstić information content (AvgIpc) is 3.07. The zero-order chi connectivity index (χ0) is 32.9. The fourth-order valence-electron chi connectivity index (χ4n) is 4.96. The molecule has 244 valence electrons. The molecular weight excluding hydrogens is 622 g/mol. The summed E-state index contributed by atoms with van der Waals surface area (Å²) in [6.07, 6.45) is -0.833. The van der Waals surface area contributed by atoms with E-state index in [1.54, 1.807) is 30.0 Å². The van der Waals surface area contributed by atoms with E-state index in [0.29, 0.717) is 22.8 Å². The van der Waals surface area contributed by atoms with Crippen molar-refractivity contribution >= 4 is 31.6 Å². The SMILES string of the molecule is COc1ccc(S(=O)(=O)Nc2ccc3c(c2)CC(=O)N([C@H](C)CO)C[C@H](C)[C@H](CN(C)S(=O)(=O)c2ccc(OC)cc2)O3)cc1. The molecule has 0 aliphatic carbocycles. The summed E-state index contributed by atoms with van der Waals surface area (Å²) in [5.41, 5.74) is 0.621. The third-order valence-corrected chi connectivity index (χ3v) is 11.0. The van der Waals surface area contributed by atoms with E-state index in [0.717, 1.165) is 0 Å². The lowest BCUT2D eigenvalue weighted by Gasteiger charge is -2.33. The summed E-state index contributed by atoms with van der Waals surface area (Å²) in [6.45, 7) is 3.46. The molecule has 1 aliphatic heterocycles. The molecule has 1 amide bonds. The van der Waals surface area contributed by atoms with Crippen molar-refractivity contribution in [3.63, 3.8) is 0 Å². The quantitative estimate of drug-likeness (QED) is 0.316. The van der Waals surface area contributed by atoms with Crippen LogP contribution in [0.15, 0.2) is 76.5 Å². The number of nitrogens with zero attached hydrogens (tertiary/aromatic N) is 2. The molecule has 12 nitrogen and oxygen atoms in total. The highest BCUT2D eigenvalue weighted by atomic mass is 32.2. The zero-order valence-corrected chi connectivity index (χ0v) is 27.5. The summed E-state index contributed by atoms with van der Waals surface area (Å²) >= 11 is 0. The van der Waals surface area contributed by atoms with E-state index < -0.39 is 32.2 Å². The lowest BCUT2D eigenvalue weighted by atomic mass is 10.0. The molecule has 0 radical (unpaired) electrons. The summed E-state index contributed by atoms with van der Waals surface area (Å²) in [5.74, 6) is 0.713. The number of ether oxygens (including phenoxy) is 3. The highest BCUT2D eigenvalue weighted by molar-refractivity contribution is 7.92. The number of aliphatic hydroxyl groups is 1. The average molecular weight is 662 g/mol. The number of carbonyl (C=O) groups excluding carboxylic acids is 1. The molecule has 1 heterocycles. The third kappa shape index (κ3) is 7.87. The number of aliphatic hydroxyl groups excluding tert-OH is 1. The summed E-state index contributed by atoms with van der Waals surface area (Å²) in [6, 6.07) is 16.1. The molecule has 3 aromatic rings. The monoisotopic (exact) mass is 661 g/mol. The Bertz CT molecular complexity index is 1700. The molecule has 2 N–H and O–H groups in total. The van der Waals surface area contributed by atoms with Crippen LogP contribution in [0.5, 0.6) is 17.2 Å². The predicted octanol–water partition coefficient (Wildman–Crippen LogP) is 2.97. The Morgan fingerprint density at radius 1 is 0.978 bits per heavy atom. The molecule has 0 aromatic heterocycles. The highest BCUT2D eigenvalue weighted by Crippen LogP contribution is 2.31. The Labute approximate surface area is 264 Å². The van der Waals surface area contributed by atoms with Crippen LogP contribution in [0.1, 0.15) is 19.4 Å². The van der Waals surface area contributed by atoms with E-state index >= 15 is 0 Å². The van der Waals surface area contributed by atoms with Gasteiger partial charge in [0.2, 0.25) is 15.9 Å². The first-order valence-corrected chi connectivity index (χ1v) is 17.2. The highest BCUT2D eigenvalue weighted by Gasteiger charge is 2.33. The molecular formula is C31H39N3O9S2. The van der Waals surface area contributed by atoms with Crippen molar-refractivity contribution < 1.29 is 40.9 Å². The largest absolute Gasteiger partial charge is 0.497 e. The van der Waals surface area contributed by atoms with Crippen molar-refractivity contribution in [1.29, 1.82) is 0 Å². The number of hydrogen-bond acceptors (Lipinski definition) is 9. The van der Waals surface area contributed by atoms with Gasteiger partial charge in [0.25, 0.3) is 10.0 Å². The van der Waals surface area contributed by atoms with E-state index in [-0.39, 0.29) is 53.4 Å². The number of methoxy groups -OCH3 is 2. The molecule has 3 atom stereocenters. The molecule has 45 heavy (non-hydrogen) atoms. The first-order valence-electron chi connectivity index (χ1n) is 14.3. The van der Waals surface area contributed by atoms with Gasteiger partial charge >= 0.3 is 0 Å². The fraction of sp³-hybridized carbons (Fsp3) is 0.387. The minimum Gasteiger partial charge on any atom is -0.497 e. The maximum absolute atomic E-state index is 13.5. The molecule has 14 heteroatoms. The van der Waals surface area contributed by atoms with Crippen LogP contribution in [-0.4, -0.2) is 90.2 Å².